The van der Waals surface area contributed by atoms with Gasteiger partial charge in [-0.25, -0.2) is 0 Å². The molecule has 1 aromatic carbocycles. The van der Waals surface area contributed by atoms with E-state index in [0.29, 0.717) is 0 Å². The Bertz CT molecular complexity index is 289. The molecule has 0 aliphatic rings. The van der Waals surface area contributed by atoms with Crippen LogP contribution in [0.25, 0.3) is 0 Å². The number of aryl methyl sites for hydroxylation is 1. The van der Waals surface area contributed by atoms with Gasteiger partial charge in [0.2, 0.25) is 0 Å². The molecule has 0 aromatic heterocycles. The van der Waals surface area contributed by atoms with E-state index in [1.54, 1.807) is 0 Å². The van der Waals surface area contributed by atoms with Crippen molar-refractivity contribution in [3.05, 3.63) is 23.8 Å². The molecule has 74 valence electrons. The summed E-state index contributed by atoms with van der Waals surface area (Å²) in [6, 6.07) is 6.19. The molecule has 0 unspecified atom stereocenters. The van der Waals surface area contributed by atoms with Crippen molar-refractivity contribution in [2.45, 2.75) is 6.92 Å². The van der Waals surface area contributed by atoms with Crippen molar-refractivity contribution < 1.29 is 12.4 Å². The highest BCUT2D eigenvalue weighted by Crippen LogP contribution is 2.25. The third-order valence-electron chi connectivity index (χ3n) is 1.91. The topological polar surface area (TPSA) is 26.0 Å². The van der Waals surface area contributed by atoms with Crippen LogP contribution in [0, 0.1) is 6.92 Å². The van der Waals surface area contributed by atoms with Crippen molar-refractivity contribution in [2.75, 3.05) is 26.9 Å². The smallest absolute Gasteiger partial charge is 0.155 e. The Balaban J connectivity index is 0.00000144. The van der Waals surface area contributed by atoms with Gasteiger partial charge >= 0.3 is 0 Å². The lowest BCUT2D eigenvalue weighted by molar-refractivity contribution is -0.00000292. The first kappa shape index (κ1) is 12.3. The lowest BCUT2D eigenvalue weighted by atomic mass is 10.2. The molecule has 0 spiro atoms. The van der Waals surface area contributed by atoms with Crippen molar-refractivity contribution in [3.63, 3.8) is 0 Å². The maximum absolute atomic E-state index is 5.89. The predicted octanol–water partition coefficient (Wildman–Crippen LogP) is -1.22. The molecule has 2 nitrogen and oxygen atoms in total. The molecular formula is C10H17ClN2. The van der Waals surface area contributed by atoms with Gasteiger partial charge in [-0.15, -0.1) is 0 Å². The SMILES string of the molecule is Cc1ccc([N+](C)(C)C)c(N)c1.[Cl-]. The molecule has 13 heavy (non-hydrogen) atoms. The molecule has 0 aliphatic carbocycles. The molecule has 0 saturated carbocycles. The number of rotatable bonds is 1. The van der Waals surface area contributed by atoms with E-state index < -0.39 is 0 Å². The van der Waals surface area contributed by atoms with Gasteiger partial charge in [-0.1, -0.05) is 6.07 Å². The number of quaternary nitrogens is 1. The largest absolute Gasteiger partial charge is 1.00 e. The lowest BCUT2D eigenvalue weighted by Crippen LogP contribution is -3.00. The van der Waals surface area contributed by atoms with Crippen molar-refractivity contribution in [3.8, 4) is 0 Å². The number of hydrogen-bond donors (Lipinski definition) is 1. The van der Waals surface area contributed by atoms with Crippen LogP contribution >= 0.6 is 0 Å². The second kappa shape index (κ2) is 3.99. The second-order valence-corrected chi connectivity index (χ2v) is 4.07. The summed E-state index contributed by atoms with van der Waals surface area (Å²) < 4.78 is 0.770. The fourth-order valence-electron chi connectivity index (χ4n) is 1.28. The maximum atomic E-state index is 5.89. The Morgan fingerprint density at radius 3 is 2.08 bits per heavy atom. The number of hydrogen-bond acceptors (Lipinski definition) is 1. The van der Waals surface area contributed by atoms with Gasteiger partial charge in [0.1, 0.15) is 0 Å². The van der Waals surface area contributed by atoms with Crippen LogP contribution in [0.1, 0.15) is 5.56 Å². The van der Waals surface area contributed by atoms with E-state index in [4.69, 9.17) is 5.73 Å². The molecule has 0 amide bonds. The van der Waals surface area contributed by atoms with Crippen LogP contribution in [0.15, 0.2) is 18.2 Å². The standard InChI is InChI=1S/C10H17N2.ClH/c1-8-5-6-10(9(11)7-8)12(2,3)4;/h5-7H,11H2,1-4H3;1H/q+1;/p-1. The first-order valence-corrected chi connectivity index (χ1v) is 4.09. The Morgan fingerprint density at radius 2 is 1.69 bits per heavy atom. The molecule has 0 heterocycles. The molecule has 0 aliphatic heterocycles. The van der Waals surface area contributed by atoms with Gasteiger partial charge < -0.3 is 18.1 Å². The third-order valence-corrected chi connectivity index (χ3v) is 1.91. The summed E-state index contributed by atoms with van der Waals surface area (Å²) in [6.45, 7) is 2.05. The minimum Gasteiger partial charge on any atom is -1.00 e. The Morgan fingerprint density at radius 1 is 1.15 bits per heavy atom. The molecule has 0 saturated heterocycles. The Labute approximate surface area is 86.4 Å². The normalized spacial score (nSPS) is 10.8. The fraction of sp³-hybridized carbons (Fsp3) is 0.400. The van der Waals surface area contributed by atoms with Crippen LogP contribution in [-0.4, -0.2) is 21.1 Å². The first-order chi connectivity index (χ1) is 5.41. The minimum atomic E-state index is 0. The summed E-state index contributed by atoms with van der Waals surface area (Å²) in [5.74, 6) is 0. The van der Waals surface area contributed by atoms with E-state index >= 15 is 0 Å². The zero-order valence-corrected chi connectivity index (χ0v) is 9.39. The molecule has 1 aromatic rings. The molecule has 1 rings (SSSR count). The van der Waals surface area contributed by atoms with E-state index in [9.17, 15) is 0 Å². The number of benzene rings is 1. The quantitative estimate of drug-likeness (QED) is 0.447. The van der Waals surface area contributed by atoms with Crippen molar-refractivity contribution in [2.24, 2.45) is 0 Å². The molecule has 0 radical (unpaired) electrons. The van der Waals surface area contributed by atoms with Gasteiger partial charge in [-0.2, -0.15) is 0 Å². The summed E-state index contributed by atoms with van der Waals surface area (Å²) >= 11 is 0. The number of halogens is 1. The lowest BCUT2D eigenvalue weighted by Gasteiger charge is -2.24. The summed E-state index contributed by atoms with van der Waals surface area (Å²) in [5, 5.41) is 0. The molecule has 3 heteroatoms. The van der Waals surface area contributed by atoms with E-state index in [2.05, 4.69) is 40.2 Å². The monoisotopic (exact) mass is 200 g/mol. The van der Waals surface area contributed by atoms with Crippen molar-refractivity contribution >= 4 is 11.4 Å². The fourth-order valence-corrected chi connectivity index (χ4v) is 1.28. The average molecular weight is 201 g/mol. The highest BCUT2D eigenvalue weighted by Gasteiger charge is 2.14. The summed E-state index contributed by atoms with van der Waals surface area (Å²) in [7, 11) is 6.34. The molecule has 0 fully saturated rings. The summed E-state index contributed by atoms with van der Waals surface area (Å²) in [5.41, 5.74) is 9.15. The van der Waals surface area contributed by atoms with Crippen LogP contribution in [0.4, 0.5) is 11.4 Å². The van der Waals surface area contributed by atoms with Gasteiger partial charge in [0, 0.05) is 6.07 Å². The van der Waals surface area contributed by atoms with Gasteiger partial charge in [-0.3, -0.25) is 4.48 Å². The van der Waals surface area contributed by atoms with Crippen LogP contribution in [0.5, 0.6) is 0 Å². The van der Waals surface area contributed by atoms with Crippen LogP contribution < -0.4 is 22.6 Å². The van der Waals surface area contributed by atoms with Crippen molar-refractivity contribution in [1.82, 2.24) is 4.48 Å². The van der Waals surface area contributed by atoms with Gasteiger partial charge in [0.05, 0.1) is 26.8 Å². The Kier molecular flexibility index (Phi) is 3.76. The molecule has 2 N–H and O–H groups in total. The zero-order chi connectivity index (χ0) is 9.35. The van der Waals surface area contributed by atoms with Crippen LogP contribution in [0.3, 0.4) is 0 Å². The van der Waals surface area contributed by atoms with Crippen LogP contribution in [0.2, 0.25) is 0 Å². The third kappa shape index (κ3) is 2.90. The van der Waals surface area contributed by atoms with Crippen LogP contribution in [-0.2, 0) is 0 Å². The van der Waals surface area contributed by atoms with E-state index in [1.807, 2.05) is 6.07 Å². The average Bonchev–Trinajstić information content (AvgIpc) is 1.83. The summed E-state index contributed by atoms with van der Waals surface area (Å²) in [4.78, 5) is 0. The van der Waals surface area contributed by atoms with Gasteiger partial charge in [0.25, 0.3) is 0 Å². The van der Waals surface area contributed by atoms with Crippen molar-refractivity contribution in [1.29, 1.82) is 0 Å². The number of nitrogen functional groups attached to an aromatic ring is 1. The predicted molar refractivity (Wildman–Crippen MR) is 55.2 cm³/mol. The molecule has 0 bridgehead atoms. The highest BCUT2D eigenvalue weighted by atomic mass is 35.5. The highest BCUT2D eigenvalue weighted by molar-refractivity contribution is 5.65. The minimum absolute atomic E-state index is 0. The maximum Gasteiger partial charge on any atom is 0.155 e. The number of nitrogens with zero attached hydrogens (tertiary/aromatic N) is 1. The van der Waals surface area contributed by atoms with E-state index in [1.165, 1.54) is 11.3 Å². The van der Waals surface area contributed by atoms with Gasteiger partial charge in [0.15, 0.2) is 5.69 Å². The van der Waals surface area contributed by atoms with E-state index in [-0.39, 0.29) is 12.4 Å². The second-order valence-electron chi connectivity index (χ2n) is 4.07. The summed E-state index contributed by atoms with van der Waals surface area (Å²) in [6.07, 6.45) is 0. The molecule has 0 atom stereocenters. The molecular weight excluding hydrogens is 184 g/mol. The van der Waals surface area contributed by atoms with E-state index in [0.717, 1.165) is 10.2 Å². The first-order valence-electron chi connectivity index (χ1n) is 4.09. The number of nitrogens with two attached hydrogens (primary N) is 1. The zero-order valence-electron chi connectivity index (χ0n) is 8.63. The van der Waals surface area contributed by atoms with Gasteiger partial charge in [-0.05, 0) is 18.6 Å². The Hall–Kier alpha value is -0.730. The number of anilines is 1.